The highest BCUT2D eigenvalue weighted by atomic mass is 16.5. The highest BCUT2D eigenvalue weighted by Gasteiger charge is 2.22. The number of hydrogen-bond acceptors (Lipinski definition) is 4. The van der Waals surface area contributed by atoms with Crippen LogP contribution in [-0.2, 0) is 16.1 Å². The van der Waals surface area contributed by atoms with Gasteiger partial charge in [-0.3, -0.25) is 9.79 Å². The molecule has 0 saturated heterocycles. The van der Waals surface area contributed by atoms with E-state index in [1.165, 1.54) is 25.5 Å². The van der Waals surface area contributed by atoms with Gasteiger partial charge in [-0.1, -0.05) is 19.1 Å². The average Bonchev–Trinajstić information content (AvgIpc) is 3.44. The lowest BCUT2D eigenvalue weighted by Crippen LogP contribution is -2.40. The molecule has 0 heterocycles. The molecule has 0 aromatic heterocycles. The van der Waals surface area contributed by atoms with Crippen molar-refractivity contribution in [3.05, 3.63) is 29.3 Å². The number of nitrogens with zero attached hydrogens (tertiary/aromatic N) is 1. The highest BCUT2D eigenvalue weighted by molar-refractivity contribution is 5.80. The first kappa shape index (κ1) is 19.1. The zero-order valence-corrected chi connectivity index (χ0v) is 15.6. The van der Waals surface area contributed by atoms with Gasteiger partial charge in [0.2, 0.25) is 0 Å². The summed E-state index contributed by atoms with van der Waals surface area (Å²) < 4.78 is 10.7. The Morgan fingerprint density at radius 3 is 2.76 bits per heavy atom. The second kappa shape index (κ2) is 9.30. The van der Waals surface area contributed by atoms with Crippen molar-refractivity contribution in [3.8, 4) is 5.75 Å². The molecule has 1 atom stereocenters. The topological polar surface area (TPSA) is 72.0 Å². The van der Waals surface area contributed by atoms with Crippen LogP contribution in [0.15, 0.2) is 23.2 Å². The molecular weight excluding hydrogens is 318 g/mol. The Morgan fingerprint density at radius 1 is 1.36 bits per heavy atom. The number of carbonyl (C=O) groups is 1. The van der Waals surface area contributed by atoms with Gasteiger partial charge in [-0.05, 0) is 37.3 Å². The fourth-order valence-corrected chi connectivity index (χ4v) is 2.37. The molecule has 0 bridgehead atoms. The van der Waals surface area contributed by atoms with Crippen LogP contribution >= 0.6 is 0 Å². The van der Waals surface area contributed by atoms with Crippen LogP contribution in [0.2, 0.25) is 0 Å². The van der Waals surface area contributed by atoms with Crippen LogP contribution in [0.3, 0.4) is 0 Å². The number of benzene rings is 1. The molecule has 1 unspecified atom stereocenters. The molecule has 1 fully saturated rings. The summed E-state index contributed by atoms with van der Waals surface area (Å²) in [6.07, 6.45) is 2.54. The molecule has 1 saturated carbocycles. The summed E-state index contributed by atoms with van der Waals surface area (Å²) in [7, 11) is 3.10. The molecular formula is C19H29N3O3. The zero-order valence-electron chi connectivity index (χ0n) is 15.6. The number of esters is 1. The number of carbonyl (C=O) groups excluding carboxylic acids is 1. The first-order valence-corrected chi connectivity index (χ1v) is 8.78. The van der Waals surface area contributed by atoms with E-state index in [0.29, 0.717) is 19.0 Å². The standard InChI is InChI=1S/C19H29N3O3/c1-13-5-8-16(17(9-13)25-12-15-6-7-15)11-22-19(20-3)21-10-14(2)18(23)24-4/h5,8-9,14-15H,6-7,10-12H2,1-4H3,(H2,20,21,22). The van der Waals surface area contributed by atoms with E-state index in [1.807, 2.05) is 6.92 Å². The van der Waals surface area contributed by atoms with Crippen LogP contribution < -0.4 is 15.4 Å². The van der Waals surface area contributed by atoms with E-state index in [9.17, 15) is 4.79 Å². The van der Waals surface area contributed by atoms with Crippen molar-refractivity contribution in [1.29, 1.82) is 0 Å². The number of aliphatic imine (C=N–C) groups is 1. The molecule has 1 aromatic rings. The molecule has 25 heavy (non-hydrogen) atoms. The van der Waals surface area contributed by atoms with Gasteiger partial charge in [-0.15, -0.1) is 0 Å². The van der Waals surface area contributed by atoms with E-state index in [0.717, 1.165) is 23.8 Å². The summed E-state index contributed by atoms with van der Waals surface area (Å²) >= 11 is 0. The largest absolute Gasteiger partial charge is 0.493 e. The third kappa shape index (κ3) is 6.29. The smallest absolute Gasteiger partial charge is 0.310 e. The van der Waals surface area contributed by atoms with Crippen LogP contribution in [0.5, 0.6) is 5.75 Å². The molecule has 2 rings (SSSR count). The number of hydrogen-bond donors (Lipinski definition) is 2. The summed E-state index contributed by atoms with van der Waals surface area (Å²) in [5.74, 6) is 1.82. The highest BCUT2D eigenvalue weighted by Crippen LogP contribution is 2.30. The Kier molecular flexibility index (Phi) is 7.10. The quantitative estimate of drug-likeness (QED) is 0.429. The molecule has 1 aromatic carbocycles. The SMILES string of the molecule is CN=C(NCc1ccc(C)cc1OCC1CC1)NCC(C)C(=O)OC. The number of methoxy groups -OCH3 is 1. The molecule has 0 spiro atoms. The predicted molar refractivity (Wildman–Crippen MR) is 98.8 cm³/mol. The minimum atomic E-state index is -0.239. The van der Waals surface area contributed by atoms with Crippen LogP contribution in [0, 0.1) is 18.8 Å². The summed E-state index contributed by atoms with van der Waals surface area (Å²) in [5, 5.41) is 6.41. The predicted octanol–water partition coefficient (Wildman–Crippen LogP) is 2.26. The lowest BCUT2D eigenvalue weighted by Gasteiger charge is -2.16. The van der Waals surface area contributed by atoms with Gasteiger partial charge < -0.3 is 20.1 Å². The third-order valence-corrected chi connectivity index (χ3v) is 4.24. The van der Waals surface area contributed by atoms with Gasteiger partial charge >= 0.3 is 5.97 Å². The van der Waals surface area contributed by atoms with Crippen LogP contribution in [-0.4, -0.2) is 39.2 Å². The van der Waals surface area contributed by atoms with E-state index in [4.69, 9.17) is 9.47 Å². The normalized spacial score (nSPS) is 15.4. The number of guanidine groups is 1. The van der Waals surface area contributed by atoms with Crippen LogP contribution in [0.25, 0.3) is 0 Å². The fourth-order valence-electron chi connectivity index (χ4n) is 2.37. The number of ether oxygens (including phenoxy) is 2. The first-order chi connectivity index (χ1) is 12.0. The van der Waals surface area contributed by atoms with Crippen molar-refractivity contribution in [3.63, 3.8) is 0 Å². The average molecular weight is 347 g/mol. The summed E-state index contributed by atoms with van der Waals surface area (Å²) in [6.45, 7) is 5.74. The molecule has 1 aliphatic rings. The third-order valence-electron chi connectivity index (χ3n) is 4.24. The molecule has 1 aliphatic carbocycles. The van der Waals surface area contributed by atoms with Crippen molar-refractivity contribution < 1.29 is 14.3 Å². The molecule has 138 valence electrons. The Bertz CT molecular complexity index is 612. The fraction of sp³-hybridized carbons (Fsp3) is 0.579. The monoisotopic (exact) mass is 347 g/mol. The van der Waals surface area contributed by atoms with Gasteiger partial charge in [-0.25, -0.2) is 0 Å². The Hall–Kier alpha value is -2.24. The van der Waals surface area contributed by atoms with Gasteiger partial charge in [0.05, 0.1) is 19.6 Å². The Morgan fingerprint density at radius 2 is 2.12 bits per heavy atom. The van der Waals surface area contributed by atoms with Gasteiger partial charge in [-0.2, -0.15) is 0 Å². The minimum Gasteiger partial charge on any atom is -0.493 e. The lowest BCUT2D eigenvalue weighted by molar-refractivity contribution is -0.144. The number of rotatable bonds is 8. The van der Waals surface area contributed by atoms with Crippen molar-refractivity contribution in [2.75, 3.05) is 27.3 Å². The molecule has 6 nitrogen and oxygen atoms in total. The van der Waals surface area contributed by atoms with E-state index < -0.39 is 0 Å². The maximum Gasteiger partial charge on any atom is 0.310 e. The molecule has 0 radical (unpaired) electrons. The number of nitrogens with one attached hydrogen (secondary N) is 2. The van der Waals surface area contributed by atoms with E-state index in [2.05, 4.69) is 40.7 Å². The Balaban J connectivity index is 1.88. The first-order valence-electron chi connectivity index (χ1n) is 8.78. The summed E-state index contributed by atoms with van der Waals surface area (Å²) in [6, 6.07) is 6.24. The van der Waals surface area contributed by atoms with Gasteiger partial charge in [0, 0.05) is 25.7 Å². The van der Waals surface area contributed by atoms with Crippen LogP contribution in [0.1, 0.15) is 30.9 Å². The maximum atomic E-state index is 11.5. The van der Waals surface area contributed by atoms with Gasteiger partial charge in [0.25, 0.3) is 0 Å². The molecule has 0 amide bonds. The van der Waals surface area contributed by atoms with Gasteiger partial charge in [0.15, 0.2) is 5.96 Å². The van der Waals surface area contributed by atoms with Crippen molar-refractivity contribution in [2.24, 2.45) is 16.8 Å². The van der Waals surface area contributed by atoms with E-state index >= 15 is 0 Å². The summed E-state index contributed by atoms with van der Waals surface area (Å²) in [5.41, 5.74) is 2.28. The molecule has 2 N–H and O–H groups in total. The van der Waals surface area contributed by atoms with Crippen molar-refractivity contribution in [2.45, 2.75) is 33.2 Å². The summed E-state index contributed by atoms with van der Waals surface area (Å²) in [4.78, 5) is 15.7. The van der Waals surface area contributed by atoms with Crippen molar-refractivity contribution in [1.82, 2.24) is 10.6 Å². The van der Waals surface area contributed by atoms with E-state index in [-0.39, 0.29) is 11.9 Å². The Labute approximate surface area is 150 Å². The molecule has 6 heteroatoms. The van der Waals surface area contributed by atoms with Gasteiger partial charge in [0.1, 0.15) is 5.75 Å². The second-order valence-electron chi connectivity index (χ2n) is 6.60. The zero-order chi connectivity index (χ0) is 18.2. The van der Waals surface area contributed by atoms with Crippen LogP contribution in [0.4, 0.5) is 0 Å². The number of aryl methyl sites for hydroxylation is 1. The van der Waals surface area contributed by atoms with E-state index in [1.54, 1.807) is 7.05 Å². The maximum absolute atomic E-state index is 11.5. The van der Waals surface area contributed by atoms with Crippen molar-refractivity contribution >= 4 is 11.9 Å². The minimum absolute atomic E-state index is 0.236. The lowest BCUT2D eigenvalue weighted by atomic mass is 10.1. The molecule has 0 aliphatic heterocycles. The second-order valence-corrected chi connectivity index (χ2v) is 6.60.